The van der Waals surface area contributed by atoms with Gasteiger partial charge in [0.15, 0.2) is 0 Å². The quantitative estimate of drug-likeness (QED) is 0.134. The lowest BCUT2D eigenvalue weighted by Gasteiger charge is -2.34. The number of hydrogen-bond acceptors (Lipinski definition) is 0. The molecule has 0 heterocycles. The first-order chi connectivity index (χ1) is 30.2. The molecule has 1 aliphatic carbocycles. The molecule has 0 amide bonds. The molecule has 310 valence electrons. The third kappa shape index (κ3) is 7.04. The summed E-state index contributed by atoms with van der Waals surface area (Å²) in [6.07, 6.45) is 0. The van der Waals surface area contributed by atoms with Crippen molar-refractivity contribution in [3.05, 3.63) is 235 Å². The maximum Gasteiger partial charge on any atom is 0.242 e. The summed E-state index contributed by atoms with van der Waals surface area (Å²) in [6.45, 7) is 27.6. The van der Waals surface area contributed by atoms with E-state index in [1.54, 1.807) is 0 Å². The van der Waals surface area contributed by atoms with Crippen molar-refractivity contribution < 1.29 is 0 Å². The zero-order chi connectivity index (χ0) is 44.5. The Hall–Kier alpha value is -6.11. The van der Waals surface area contributed by atoms with E-state index in [0.29, 0.717) is 0 Å². The molecule has 0 atom stereocenters. The van der Waals surface area contributed by atoms with Crippen LogP contribution in [0.25, 0.3) is 11.1 Å². The summed E-state index contributed by atoms with van der Waals surface area (Å²) in [7, 11) is 0. The standard InChI is InChI=1S/C61H60B2/c1-37-27-41(5)57(42(6)28-37)62(58-43(7)29-38(2)30-44(58)8)51-23-25-55-53(35-51)54-36-52(24-26-56(54)61(55,49-19-15-13-16-20-49)50-21-17-14-18-22-50)63(59-45(9)31-39(3)32-46(59)10)60-47(11)33-40(4)34-48(60)12/h13-36H,1-12H3. The number of benzene rings is 8. The lowest BCUT2D eigenvalue weighted by Crippen LogP contribution is -2.56. The number of rotatable bonds is 8. The first-order valence-corrected chi connectivity index (χ1v) is 22.9. The maximum atomic E-state index is 2.59. The van der Waals surface area contributed by atoms with Crippen molar-refractivity contribution in [3.8, 4) is 11.1 Å². The van der Waals surface area contributed by atoms with Gasteiger partial charge in [0.1, 0.15) is 0 Å². The van der Waals surface area contributed by atoms with Crippen molar-refractivity contribution in [2.24, 2.45) is 0 Å². The number of hydrogen-bond donors (Lipinski definition) is 0. The average Bonchev–Trinajstić information content (AvgIpc) is 3.51. The highest BCUT2D eigenvalue weighted by atomic mass is 14.5. The molecule has 0 unspecified atom stereocenters. The molecule has 0 saturated heterocycles. The second-order valence-electron chi connectivity index (χ2n) is 19.2. The van der Waals surface area contributed by atoms with Crippen LogP contribution in [0.15, 0.2) is 146 Å². The van der Waals surface area contributed by atoms with Crippen molar-refractivity contribution in [1.29, 1.82) is 0 Å². The molecule has 0 bridgehead atoms. The fourth-order valence-corrected chi connectivity index (χ4v) is 12.4. The minimum atomic E-state index is -0.508. The van der Waals surface area contributed by atoms with E-state index >= 15 is 0 Å². The van der Waals surface area contributed by atoms with Crippen LogP contribution in [-0.4, -0.2) is 13.4 Å². The summed E-state index contributed by atoms with van der Waals surface area (Å²) >= 11 is 0. The number of aryl methyl sites for hydroxylation is 12. The van der Waals surface area contributed by atoms with Gasteiger partial charge in [0.25, 0.3) is 0 Å². The monoisotopic (exact) mass is 814 g/mol. The molecule has 63 heavy (non-hydrogen) atoms. The molecule has 9 rings (SSSR count). The average molecular weight is 815 g/mol. The summed E-state index contributed by atoms with van der Waals surface area (Å²) in [4.78, 5) is 0. The molecule has 0 aliphatic heterocycles. The van der Waals surface area contributed by atoms with Gasteiger partial charge in [-0.1, -0.05) is 245 Å². The van der Waals surface area contributed by atoms with Gasteiger partial charge in [0.05, 0.1) is 5.41 Å². The molecule has 0 fully saturated rings. The molecule has 0 N–H and O–H groups in total. The van der Waals surface area contributed by atoms with E-state index in [0.717, 1.165) is 0 Å². The normalized spacial score (nSPS) is 12.6. The fourth-order valence-electron chi connectivity index (χ4n) is 12.4. The summed E-state index contributed by atoms with van der Waals surface area (Å²) < 4.78 is 0. The SMILES string of the molecule is Cc1cc(C)c(B(c2ccc3c(c2)-c2cc(B(c4c(C)cc(C)cc4C)c4c(C)cc(C)cc4C)ccc2C3(c2ccccc2)c2ccccc2)c2c(C)cc(C)cc2C)c(C)c1. The highest BCUT2D eigenvalue weighted by Crippen LogP contribution is 2.55. The van der Waals surface area contributed by atoms with E-state index in [2.05, 4.69) is 229 Å². The minimum absolute atomic E-state index is 0.0649. The van der Waals surface area contributed by atoms with Crippen molar-refractivity contribution in [1.82, 2.24) is 0 Å². The summed E-state index contributed by atoms with van der Waals surface area (Å²) in [5, 5.41) is 0. The Morgan fingerprint density at radius 2 is 0.540 bits per heavy atom. The van der Waals surface area contributed by atoms with Crippen LogP contribution in [0, 0.1) is 83.1 Å². The second kappa shape index (κ2) is 16.2. The molecule has 0 radical (unpaired) electrons. The van der Waals surface area contributed by atoms with E-state index in [1.165, 1.54) is 133 Å². The maximum absolute atomic E-state index is 2.59. The Balaban J connectivity index is 1.40. The zero-order valence-corrected chi connectivity index (χ0v) is 39.5. The van der Waals surface area contributed by atoms with Gasteiger partial charge < -0.3 is 0 Å². The predicted molar refractivity (Wildman–Crippen MR) is 276 cm³/mol. The first kappa shape index (κ1) is 42.2. The van der Waals surface area contributed by atoms with Crippen molar-refractivity contribution in [2.75, 3.05) is 0 Å². The van der Waals surface area contributed by atoms with Crippen LogP contribution in [0.5, 0.6) is 0 Å². The fraction of sp³-hybridized carbons (Fsp3) is 0.213. The molecule has 0 nitrogen and oxygen atoms in total. The Morgan fingerprint density at radius 1 is 0.286 bits per heavy atom. The van der Waals surface area contributed by atoms with E-state index in [-0.39, 0.29) is 13.4 Å². The van der Waals surface area contributed by atoms with Crippen LogP contribution < -0.4 is 32.8 Å². The Bertz CT molecular complexity index is 2660. The van der Waals surface area contributed by atoms with Gasteiger partial charge in [0.2, 0.25) is 13.4 Å². The van der Waals surface area contributed by atoms with Crippen LogP contribution in [0.1, 0.15) is 89.0 Å². The molecule has 1 aliphatic rings. The minimum Gasteiger partial charge on any atom is -0.0680 e. The lowest BCUT2D eigenvalue weighted by molar-refractivity contribution is 0.769. The van der Waals surface area contributed by atoms with Gasteiger partial charge in [-0.2, -0.15) is 0 Å². The molecule has 0 spiro atoms. The molecule has 0 aromatic heterocycles. The Kier molecular flexibility index (Phi) is 10.9. The number of fused-ring (bicyclic) bond motifs is 3. The largest absolute Gasteiger partial charge is 0.242 e. The smallest absolute Gasteiger partial charge is 0.0680 e. The summed E-state index contributed by atoms with van der Waals surface area (Å²) in [6, 6.07) is 56.7. The van der Waals surface area contributed by atoms with Crippen molar-refractivity contribution >= 4 is 46.2 Å². The summed E-state index contributed by atoms with van der Waals surface area (Å²) in [5.74, 6) is 0. The van der Waals surface area contributed by atoms with Crippen molar-refractivity contribution in [3.63, 3.8) is 0 Å². The van der Waals surface area contributed by atoms with Gasteiger partial charge in [-0.05, 0) is 116 Å². The molecular formula is C61H60B2. The highest BCUT2D eigenvalue weighted by molar-refractivity contribution is 6.97. The van der Waals surface area contributed by atoms with Gasteiger partial charge in [0, 0.05) is 0 Å². The molecule has 2 heteroatoms. The third-order valence-electron chi connectivity index (χ3n) is 14.4. The Morgan fingerprint density at radius 3 is 0.794 bits per heavy atom. The van der Waals surface area contributed by atoms with Crippen LogP contribution in [0.3, 0.4) is 0 Å². The zero-order valence-electron chi connectivity index (χ0n) is 39.5. The molecule has 0 saturated carbocycles. The van der Waals surface area contributed by atoms with E-state index in [4.69, 9.17) is 0 Å². The predicted octanol–water partition coefficient (Wildman–Crippen LogP) is 10.8. The molecule has 8 aromatic carbocycles. The van der Waals surface area contributed by atoms with Crippen LogP contribution >= 0.6 is 0 Å². The van der Waals surface area contributed by atoms with Gasteiger partial charge in [-0.3, -0.25) is 0 Å². The van der Waals surface area contributed by atoms with Crippen molar-refractivity contribution in [2.45, 2.75) is 88.5 Å². The van der Waals surface area contributed by atoms with Gasteiger partial charge >= 0.3 is 0 Å². The molecular weight excluding hydrogens is 754 g/mol. The van der Waals surface area contributed by atoms with Gasteiger partial charge in [-0.25, -0.2) is 0 Å². The highest BCUT2D eigenvalue weighted by Gasteiger charge is 2.47. The van der Waals surface area contributed by atoms with E-state index in [9.17, 15) is 0 Å². The third-order valence-corrected chi connectivity index (χ3v) is 14.4. The van der Waals surface area contributed by atoms with Gasteiger partial charge in [-0.15, -0.1) is 0 Å². The van der Waals surface area contributed by atoms with Crippen LogP contribution in [0.4, 0.5) is 0 Å². The van der Waals surface area contributed by atoms with Crippen LogP contribution in [0.2, 0.25) is 0 Å². The first-order valence-electron chi connectivity index (χ1n) is 22.9. The second-order valence-corrected chi connectivity index (χ2v) is 19.2. The lowest BCUT2D eigenvalue weighted by atomic mass is 9.34. The van der Waals surface area contributed by atoms with Crippen LogP contribution in [-0.2, 0) is 5.41 Å². The Labute approximate surface area is 378 Å². The summed E-state index contributed by atoms with van der Waals surface area (Å²) in [5.41, 5.74) is 31.7. The van der Waals surface area contributed by atoms with E-state index in [1.807, 2.05) is 0 Å². The topological polar surface area (TPSA) is 0 Å². The molecule has 8 aromatic rings. The van der Waals surface area contributed by atoms with E-state index < -0.39 is 5.41 Å².